The first-order chi connectivity index (χ1) is 7.83. The van der Waals surface area contributed by atoms with Crippen LogP contribution in [-0.4, -0.2) is 18.6 Å². The Balaban J connectivity index is 2.16. The van der Waals surface area contributed by atoms with Gasteiger partial charge in [0.25, 0.3) is 0 Å². The van der Waals surface area contributed by atoms with Crippen LogP contribution in [0.25, 0.3) is 10.9 Å². The van der Waals surface area contributed by atoms with Crippen LogP contribution in [0.15, 0.2) is 24.3 Å². The van der Waals surface area contributed by atoms with Gasteiger partial charge in [0, 0.05) is 23.1 Å². The van der Waals surface area contributed by atoms with Crippen molar-refractivity contribution in [2.75, 3.05) is 13.7 Å². The van der Waals surface area contributed by atoms with Crippen LogP contribution in [0.4, 0.5) is 0 Å². The SMILES string of the molecule is CCCNCc1cc2cc(OC)ccc2[nH]1. The molecule has 2 N–H and O–H groups in total. The highest BCUT2D eigenvalue weighted by Gasteiger charge is 2.01. The molecule has 0 atom stereocenters. The first-order valence-corrected chi connectivity index (χ1v) is 5.70. The van der Waals surface area contributed by atoms with Gasteiger partial charge in [-0.15, -0.1) is 0 Å². The minimum absolute atomic E-state index is 0.894. The molecule has 0 unspecified atom stereocenters. The Bertz CT molecular complexity index is 462. The van der Waals surface area contributed by atoms with Crippen LogP contribution in [0.3, 0.4) is 0 Å². The second-order valence-electron chi connectivity index (χ2n) is 3.92. The molecule has 3 nitrogen and oxygen atoms in total. The van der Waals surface area contributed by atoms with Crippen LogP contribution in [0.1, 0.15) is 19.0 Å². The summed E-state index contributed by atoms with van der Waals surface area (Å²) >= 11 is 0. The second-order valence-corrected chi connectivity index (χ2v) is 3.92. The molecule has 86 valence electrons. The fourth-order valence-electron chi connectivity index (χ4n) is 1.79. The van der Waals surface area contributed by atoms with Crippen LogP contribution in [-0.2, 0) is 6.54 Å². The average Bonchev–Trinajstić information content (AvgIpc) is 2.70. The minimum atomic E-state index is 0.894. The molecule has 0 amide bonds. The Hall–Kier alpha value is -1.48. The number of hydrogen-bond acceptors (Lipinski definition) is 2. The molecule has 0 spiro atoms. The highest BCUT2D eigenvalue weighted by molar-refractivity contribution is 5.81. The predicted molar refractivity (Wildman–Crippen MR) is 66.8 cm³/mol. The molecule has 1 aromatic carbocycles. The molecule has 2 rings (SSSR count). The summed E-state index contributed by atoms with van der Waals surface area (Å²) in [5.41, 5.74) is 2.38. The summed E-state index contributed by atoms with van der Waals surface area (Å²) in [6.45, 7) is 4.12. The van der Waals surface area contributed by atoms with Gasteiger partial charge in [-0.25, -0.2) is 0 Å². The fourth-order valence-corrected chi connectivity index (χ4v) is 1.79. The van der Waals surface area contributed by atoms with E-state index in [1.54, 1.807) is 7.11 Å². The monoisotopic (exact) mass is 218 g/mol. The lowest BCUT2D eigenvalue weighted by Gasteiger charge is -1.98. The van der Waals surface area contributed by atoms with E-state index in [1.807, 2.05) is 6.07 Å². The molecule has 1 aromatic heterocycles. The van der Waals surface area contributed by atoms with Crippen molar-refractivity contribution < 1.29 is 4.74 Å². The summed E-state index contributed by atoms with van der Waals surface area (Å²) < 4.78 is 5.20. The quantitative estimate of drug-likeness (QED) is 0.757. The summed E-state index contributed by atoms with van der Waals surface area (Å²) in [5, 5.41) is 4.58. The molecule has 1 heterocycles. The highest BCUT2D eigenvalue weighted by atomic mass is 16.5. The Kier molecular flexibility index (Phi) is 3.47. The van der Waals surface area contributed by atoms with Crippen molar-refractivity contribution in [3.8, 4) is 5.75 Å². The van der Waals surface area contributed by atoms with Gasteiger partial charge in [0.15, 0.2) is 0 Å². The van der Waals surface area contributed by atoms with Gasteiger partial charge in [-0.1, -0.05) is 6.92 Å². The number of rotatable bonds is 5. The number of aromatic amines is 1. The Morgan fingerprint density at radius 1 is 1.31 bits per heavy atom. The van der Waals surface area contributed by atoms with E-state index in [9.17, 15) is 0 Å². The van der Waals surface area contributed by atoms with Crippen LogP contribution >= 0.6 is 0 Å². The molecule has 3 heteroatoms. The smallest absolute Gasteiger partial charge is 0.119 e. The minimum Gasteiger partial charge on any atom is -0.497 e. The standard InChI is InChI=1S/C13H18N2O/c1-3-6-14-9-11-7-10-8-12(16-2)4-5-13(10)15-11/h4-5,7-8,14-15H,3,6,9H2,1-2H3. The number of fused-ring (bicyclic) bond motifs is 1. The maximum atomic E-state index is 5.20. The second kappa shape index (κ2) is 5.03. The number of aromatic nitrogens is 1. The number of benzene rings is 1. The molecule has 0 radical (unpaired) electrons. The third-order valence-electron chi connectivity index (χ3n) is 2.63. The number of H-pyrrole nitrogens is 1. The predicted octanol–water partition coefficient (Wildman–Crippen LogP) is 2.68. The van der Waals surface area contributed by atoms with E-state index in [0.717, 1.165) is 30.8 Å². The van der Waals surface area contributed by atoms with Gasteiger partial charge >= 0.3 is 0 Å². The van der Waals surface area contributed by atoms with E-state index in [1.165, 1.54) is 11.1 Å². The van der Waals surface area contributed by atoms with Gasteiger partial charge in [-0.3, -0.25) is 0 Å². The molecule has 2 aromatic rings. The first-order valence-electron chi connectivity index (χ1n) is 5.70. The lowest BCUT2D eigenvalue weighted by Crippen LogP contribution is -2.13. The summed E-state index contributed by atoms with van der Waals surface area (Å²) in [5.74, 6) is 0.902. The van der Waals surface area contributed by atoms with Gasteiger partial charge in [0.05, 0.1) is 7.11 Å². The summed E-state index contributed by atoms with van der Waals surface area (Å²) in [7, 11) is 1.69. The van der Waals surface area contributed by atoms with Gasteiger partial charge in [-0.05, 0) is 37.2 Å². The van der Waals surface area contributed by atoms with Crippen LogP contribution < -0.4 is 10.1 Å². The van der Waals surface area contributed by atoms with E-state index in [2.05, 4.69) is 35.4 Å². The zero-order valence-corrected chi connectivity index (χ0v) is 9.84. The van der Waals surface area contributed by atoms with Crippen LogP contribution in [0.5, 0.6) is 5.75 Å². The van der Waals surface area contributed by atoms with Crippen molar-refractivity contribution in [3.05, 3.63) is 30.0 Å². The van der Waals surface area contributed by atoms with Gasteiger partial charge < -0.3 is 15.0 Å². The Morgan fingerprint density at radius 3 is 2.94 bits per heavy atom. The molecular weight excluding hydrogens is 200 g/mol. The zero-order valence-electron chi connectivity index (χ0n) is 9.84. The topological polar surface area (TPSA) is 37.0 Å². The molecule has 0 bridgehead atoms. The molecule has 0 saturated heterocycles. The van der Waals surface area contributed by atoms with E-state index >= 15 is 0 Å². The molecule has 0 aliphatic rings. The lowest BCUT2D eigenvalue weighted by atomic mass is 10.2. The van der Waals surface area contributed by atoms with Crippen molar-refractivity contribution >= 4 is 10.9 Å². The van der Waals surface area contributed by atoms with E-state index in [0.29, 0.717) is 0 Å². The van der Waals surface area contributed by atoms with Crippen molar-refractivity contribution in [2.45, 2.75) is 19.9 Å². The van der Waals surface area contributed by atoms with Crippen molar-refractivity contribution in [2.24, 2.45) is 0 Å². The van der Waals surface area contributed by atoms with Crippen molar-refractivity contribution in [1.29, 1.82) is 0 Å². The van der Waals surface area contributed by atoms with Gasteiger partial charge in [0.1, 0.15) is 5.75 Å². The Labute approximate surface area is 95.8 Å². The van der Waals surface area contributed by atoms with E-state index in [4.69, 9.17) is 4.74 Å². The molecule has 0 aliphatic heterocycles. The maximum Gasteiger partial charge on any atom is 0.119 e. The molecule has 0 fully saturated rings. The molecule has 0 aliphatic carbocycles. The van der Waals surface area contributed by atoms with Gasteiger partial charge in [-0.2, -0.15) is 0 Å². The van der Waals surface area contributed by atoms with E-state index in [-0.39, 0.29) is 0 Å². The van der Waals surface area contributed by atoms with Gasteiger partial charge in [0.2, 0.25) is 0 Å². The summed E-state index contributed by atoms with van der Waals surface area (Å²) in [6.07, 6.45) is 1.16. The largest absolute Gasteiger partial charge is 0.497 e. The number of methoxy groups -OCH3 is 1. The number of hydrogen-bond donors (Lipinski definition) is 2. The summed E-state index contributed by atoms with van der Waals surface area (Å²) in [4.78, 5) is 3.39. The summed E-state index contributed by atoms with van der Waals surface area (Å²) in [6, 6.07) is 8.25. The maximum absolute atomic E-state index is 5.20. The highest BCUT2D eigenvalue weighted by Crippen LogP contribution is 2.21. The van der Waals surface area contributed by atoms with Crippen molar-refractivity contribution in [3.63, 3.8) is 0 Å². The van der Waals surface area contributed by atoms with Crippen LogP contribution in [0.2, 0.25) is 0 Å². The van der Waals surface area contributed by atoms with Crippen molar-refractivity contribution in [1.82, 2.24) is 10.3 Å². The lowest BCUT2D eigenvalue weighted by molar-refractivity contribution is 0.415. The Morgan fingerprint density at radius 2 is 2.19 bits per heavy atom. The fraction of sp³-hybridized carbons (Fsp3) is 0.385. The first kappa shape index (κ1) is 11.0. The third-order valence-corrected chi connectivity index (χ3v) is 2.63. The molecule has 0 saturated carbocycles. The molecular formula is C13H18N2O. The third kappa shape index (κ3) is 2.36. The van der Waals surface area contributed by atoms with Crippen LogP contribution in [0, 0.1) is 0 Å². The normalized spacial score (nSPS) is 10.9. The average molecular weight is 218 g/mol. The number of nitrogens with one attached hydrogen (secondary N) is 2. The zero-order chi connectivity index (χ0) is 11.4. The molecule has 16 heavy (non-hydrogen) atoms. The number of ether oxygens (including phenoxy) is 1. The van der Waals surface area contributed by atoms with E-state index < -0.39 is 0 Å².